The molecule has 0 aromatic carbocycles. The van der Waals surface area contributed by atoms with Gasteiger partial charge in [-0.2, -0.15) is 0 Å². The molecule has 0 bridgehead atoms. The van der Waals surface area contributed by atoms with E-state index in [-0.39, 0.29) is 0 Å². The van der Waals surface area contributed by atoms with Crippen molar-refractivity contribution < 1.29 is 0 Å². The Morgan fingerprint density at radius 3 is 2.83 bits per heavy atom. The highest BCUT2D eigenvalue weighted by molar-refractivity contribution is 9.10. The summed E-state index contributed by atoms with van der Waals surface area (Å²) in [4.78, 5) is 3.78. The maximum Gasteiger partial charge on any atom is 0.107 e. The van der Waals surface area contributed by atoms with Gasteiger partial charge in [0.25, 0.3) is 0 Å². The highest BCUT2D eigenvalue weighted by Crippen LogP contribution is 2.39. The SMILES string of the molecule is CC1(C)CCCN(C(CN)c2cc(Br)c(Cl)s2)C1. The molecular weight excluding hydrogens is 332 g/mol. The number of piperidine rings is 1. The number of nitrogens with zero attached hydrogens (tertiary/aromatic N) is 1. The topological polar surface area (TPSA) is 29.3 Å². The van der Waals surface area contributed by atoms with Crippen LogP contribution in [0.3, 0.4) is 0 Å². The Kier molecular flexibility index (Phi) is 4.76. The number of hydrogen-bond acceptors (Lipinski definition) is 3. The summed E-state index contributed by atoms with van der Waals surface area (Å²) in [6.07, 6.45) is 2.56. The molecule has 1 aromatic rings. The van der Waals surface area contributed by atoms with Crippen LogP contribution in [0.2, 0.25) is 4.34 Å². The fourth-order valence-corrected chi connectivity index (χ4v) is 4.59. The zero-order chi connectivity index (χ0) is 13.3. The summed E-state index contributed by atoms with van der Waals surface area (Å²) >= 11 is 11.3. The van der Waals surface area contributed by atoms with Crippen LogP contribution in [0, 0.1) is 5.41 Å². The Bertz CT molecular complexity index is 400. The molecule has 0 amide bonds. The summed E-state index contributed by atoms with van der Waals surface area (Å²) in [7, 11) is 0. The fourth-order valence-electron chi connectivity index (χ4n) is 2.71. The van der Waals surface area contributed by atoms with E-state index in [1.54, 1.807) is 11.3 Å². The quantitative estimate of drug-likeness (QED) is 0.880. The Hall–Kier alpha value is 0.390. The lowest BCUT2D eigenvalue weighted by atomic mass is 9.83. The molecule has 1 unspecified atom stereocenters. The van der Waals surface area contributed by atoms with Gasteiger partial charge in [-0.25, -0.2) is 0 Å². The minimum atomic E-state index is 0.304. The van der Waals surface area contributed by atoms with Gasteiger partial charge in [0.1, 0.15) is 4.34 Å². The molecule has 2 heterocycles. The molecule has 1 saturated heterocycles. The van der Waals surface area contributed by atoms with Crippen molar-refractivity contribution in [3.8, 4) is 0 Å². The van der Waals surface area contributed by atoms with Crippen molar-refractivity contribution in [3.05, 3.63) is 19.8 Å². The van der Waals surface area contributed by atoms with Crippen molar-refractivity contribution in [1.82, 2.24) is 4.90 Å². The predicted molar refractivity (Wildman–Crippen MR) is 83.4 cm³/mol. The maximum atomic E-state index is 6.14. The molecule has 0 radical (unpaired) electrons. The minimum absolute atomic E-state index is 0.304. The molecule has 102 valence electrons. The van der Waals surface area contributed by atoms with E-state index in [2.05, 4.69) is 40.7 Å². The number of rotatable bonds is 3. The predicted octanol–water partition coefficient (Wildman–Crippen LogP) is 4.29. The molecule has 2 rings (SSSR count). The van der Waals surface area contributed by atoms with E-state index >= 15 is 0 Å². The second-order valence-corrected chi connectivity index (χ2v) is 8.30. The monoisotopic (exact) mass is 350 g/mol. The third-order valence-electron chi connectivity index (χ3n) is 3.59. The van der Waals surface area contributed by atoms with Crippen molar-refractivity contribution in [2.24, 2.45) is 11.1 Å². The van der Waals surface area contributed by atoms with Crippen LogP contribution in [0.1, 0.15) is 37.6 Å². The van der Waals surface area contributed by atoms with E-state index in [0.29, 0.717) is 18.0 Å². The minimum Gasteiger partial charge on any atom is -0.329 e. The number of hydrogen-bond donors (Lipinski definition) is 1. The van der Waals surface area contributed by atoms with Gasteiger partial charge in [0, 0.05) is 22.4 Å². The van der Waals surface area contributed by atoms with Crippen molar-refractivity contribution in [2.45, 2.75) is 32.7 Å². The van der Waals surface area contributed by atoms with Crippen molar-refractivity contribution in [3.63, 3.8) is 0 Å². The molecule has 2 N–H and O–H groups in total. The van der Waals surface area contributed by atoms with Crippen LogP contribution in [0.15, 0.2) is 10.5 Å². The first-order valence-electron chi connectivity index (χ1n) is 6.32. The summed E-state index contributed by atoms with van der Waals surface area (Å²) < 4.78 is 1.80. The summed E-state index contributed by atoms with van der Waals surface area (Å²) in [5.74, 6) is 0. The normalized spacial score (nSPS) is 22.1. The van der Waals surface area contributed by atoms with Crippen LogP contribution in [0.4, 0.5) is 0 Å². The lowest BCUT2D eigenvalue weighted by molar-refractivity contribution is 0.0820. The highest BCUT2D eigenvalue weighted by Gasteiger charge is 2.31. The molecule has 5 heteroatoms. The molecule has 0 spiro atoms. The van der Waals surface area contributed by atoms with Gasteiger partial charge in [-0.1, -0.05) is 25.4 Å². The standard InChI is InChI=1S/C13H20BrClN2S/c1-13(2)4-3-5-17(8-13)10(7-16)11-6-9(14)12(15)18-11/h6,10H,3-5,7-8,16H2,1-2H3. The van der Waals surface area contributed by atoms with Crippen LogP contribution in [-0.2, 0) is 0 Å². The van der Waals surface area contributed by atoms with Crippen LogP contribution in [-0.4, -0.2) is 24.5 Å². The third-order valence-corrected chi connectivity index (χ3v) is 6.16. The summed E-state index contributed by atoms with van der Waals surface area (Å²) in [5.41, 5.74) is 6.38. The fraction of sp³-hybridized carbons (Fsp3) is 0.692. The maximum absolute atomic E-state index is 6.14. The van der Waals surface area contributed by atoms with Gasteiger partial charge in [0.2, 0.25) is 0 Å². The molecule has 2 nitrogen and oxygen atoms in total. The van der Waals surface area contributed by atoms with Gasteiger partial charge < -0.3 is 5.73 Å². The van der Waals surface area contributed by atoms with Crippen LogP contribution < -0.4 is 5.73 Å². The second-order valence-electron chi connectivity index (χ2n) is 5.76. The van der Waals surface area contributed by atoms with E-state index in [0.717, 1.165) is 21.9 Å². The van der Waals surface area contributed by atoms with Crippen LogP contribution >= 0.6 is 38.9 Å². The first-order valence-corrected chi connectivity index (χ1v) is 8.30. The van der Waals surface area contributed by atoms with Gasteiger partial charge in [-0.3, -0.25) is 4.90 Å². The Morgan fingerprint density at radius 1 is 1.61 bits per heavy atom. The second kappa shape index (κ2) is 5.80. The average molecular weight is 352 g/mol. The number of thiophene rings is 1. The molecule has 1 fully saturated rings. The van der Waals surface area contributed by atoms with E-state index in [1.165, 1.54) is 17.7 Å². The zero-order valence-electron chi connectivity index (χ0n) is 10.9. The number of halogens is 2. The largest absolute Gasteiger partial charge is 0.329 e. The van der Waals surface area contributed by atoms with E-state index < -0.39 is 0 Å². The van der Waals surface area contributed by atoms with Gasteiger partial charge in [-0.15, -0.1) is 11.3 Å². The average Bonchev–Trinajstić information content (AvgIpc) is 2.58. The molecule has 0 saturated carbocycles. The lowest BCUT2D eigenvalue weighted by Gasteiger charge is -2.41. The zero-order valence-corrected chi connectivity index (χ0v) is 14.0. The van der Waals surface area contributed by atoms with Crippen molar-refractivity contribution in [2.75, 3.05) is 19.6 Å². The Morgan fingerprint density at radius 2 is 2.33 bits per heavy atom. The Labute approximate surface area is 127 Å². The van der Waals surface area contributed by atoms with Crippen LogP contribution in [0.25, 0.3) is 0 Å². The van der Waals surface area contributed by atoms with Gasteiger partial charge >= 0.3 is 0 Å². The number of nitrogens with two attached hydrogens (primary N) is 1. The highest BCUT2D eigenvalue weighted by atomic mass is 79.9. The molecule has 1 aliphatic rings. The first kappa shape index (κ1) is 14.8. The van der Waals surface area contributed by atoms with Crippen LogP contribution in [0.5, 0.6) is 0 Å². The molecule has 18 heavy (non-hydrogen) atoms. The van der Waals surface area contributed by atoms with Crippen molar-refractivity contribution in [1.29, 1.82) is 0 Å². The Balaban J connectivity index is 2.18. The smallest absolute Gasteiger partial charge is 0.107 e. The molecule has 1 aromatic heterocycles. The summed E-state index contributed by atoms with van der Waals surface area (Å²) in [6, 6.07) is 2.42. The molecular formula is C13H20BrClN2S. The number of likely N-dealkylation sites (tertiary alicyclic amines) is 1. The molecule has 1 aliphatic heterocycles. The molecule has 1 atom stereocenters. The lowest BCUT2D eigenvalue weighted by Crippen LogP contribution is -2.44. The summed E-state index contributed by atoms with van der Waals surface area (Å²) in [6.45, 7) is 7.58. The van der Waals surface area contributed by atoms with E-state index in [4.69, 9.17) is 17.3 Å². The van der Waals surface area contributed by atoms with Gasteiger partial charge in [0.15, 0.2) is 0 Å². The molecule has 0 aliphatic carbocycles. The third kappa shape index (κ3) is 3.28. The van der Waals surface area contributed by atoms with E-state index in [9.17, 15) is 0 Å². The van der Waals surface area contributed by atoms with E-state index in [1.807, 2.05) is 0 Å². The summed E-state index contributed by atoms with van der Waals surface area (Å²) in [5, 5.41) is 0. The van der Waals surface area contributed by atoms with Crippen molar-refractivity contribution >= 4 is 38.9 Å². The first-order chi connectivity index (χ1) is 8.43. The van der Waals surface area contributed by atoms with Gasteiger partial charge in [0.05, 0.1) is 6.04 Å². The van der Waals surface area contributed by atoms with Gasteiger partial charge in [-0.05, 0) is 46.8 Å².